The SMILES string of the molecule is N#Cc1cc(S(=O)(=O)Cl)cc(C(F)(F)F)n1. The molecule has 16 heavy (non-hydrogen) atoms. The highest BCUT2D eigenvalue weighted by Gasteiger charge is 2.34. The Bertz CT molecular complexity index is 562. The smallest absolute Gasteiger partial charge is 0.233 e. The second kappa shape index (κ2) is 3.92. The predicted octanol–water partition coefficient (Wildman–Crippen LogP) is 1.90. The Hall–Kier alpha value is -1.33. The molecule has 1 aromatic rings. The maximum absolute atomic E-state index is 12.3. The average Bonchev–Trinajstić information content (AvgIpc) is 2.14. The number of hydrogen-bond acceptors (Lipinski definition) is 4. The van der Waals surface area contributed by atoms with E-state index in [4.69, 9.17) is 15.9 Å². The zero-order valence-electron chi connectivity index (χ0n) is 7.29. The van der Waals surface area contributed by atoms with E-state index in [1.165, 1.54) is 6.07 Å². The first-order valence-corrected chi connectivity index (χ1v) is 5.89. The Morgan fingerprint density at radius 3 is 2.31 bits per heavy atom. The van der Waals surface area contributed by atoms with E-state index in [-0.39, 0.29) is 6.07 Å². The number of aromatic nitrogens is 1. The van der Waals surface area contributed by atoms with E-state index in [2.05, 4.69) is 4.98 Å². The van der Waals surface area contributed by atoms with Gasteiger partial charge in [0.25, 0.3) is 9.05 Å². The number of alkyl halides is 3. The van der Waals surface area contributed by atoms with Crippen LogP contribution in [-0.4, -0.2) is 13.4 Å². The van der Waals surface area contributed by atoms with Crippen LogP contribution in [0, 0.1) is 11.3 Å². The molecule has 0 atom stereocenters. The van der Waals surface area contributed by atoms with E-state index in [0.717, 1.165) is 0 Å². The van der Waals surface area contributed by atoms with Crippen molar-refractivity contribution in [2.45, 2.75) is 11.1 Å². The topological polar surface area (TPSA) is 70.8 Å². The average molecular weight is 271 g/mol. The summed E-state index contributed by atoms with van der Waals surface area (Å²) >= 11 is 0. The number of hydrogen-bond donors (Lipinski definition) is 0. The van der Waals surface area contributed by atoms with Gasteiger partial charge in [-0.1, -0.05) is 0 Å². The molecule has 0 fully saturated rings. The standard InChI is InChI=1S/C7H2ClF3N2O2S/c8-16(14,15)5-1-4(3-12)13-6(2-5)7(9,10)11/h1-2H. The molecule has 0 radical (unpaired) electrons. The molecule has 0 amide bonds. The van der Waals surface area contributed by atoms with Gasteiger partial charge in [-0.2, -0.15) is 18.4 Å². The molecular weight excluding hydrogens is 269 g/mol. The second-order valence-corrected chi connectivity index (χ2v) is 5.19. The van der Waals surface area contributed by atoms with E-state index < -0.39 is 31.5 Å². The van der Waals surface area contributed by atoms with Crippen molar-refractivity contribution in [3.05, 3.63) is 23.5 Å². The Morgan fingerprint density at radius 1 is 1.38 bits per heavy atom. The molecule has 86 valence electrons. The molecule has 0 spiro atoms. The molecular formula is C7H2ClF3N2O2S. The first-order valence-electron chi connectivity index (χ1n) is 3.58. The van der Waals surface area contributed by atoms with Crippen molar-refractivity contribution < 1.29 is 21.6 Å². The van der Waals surface area contributed by atoms with Gasteiger partial charge in [0.2, 0.25) is 0 Å². The highest BCUT2D eigenvalue weighted by atomic mass is 35.7. The summed E-state index contributed by atoms with van der Waals surface area (Å²) in [4.78, 5) is 2.12. The van der Waals surface area contributed by atoms with Gasteiger partial charge in [-0.15, -0.1) is 0 Å². The van der Waals surface area contributed by atoms with E-state index >= 15 is 0 Å². The minimum Gasteiger partial charge on any atom is -0.233 e. The van der Waals surface area contributed by atoms with Crippen LogP contribution in [0.4, 0.5) is 13.2 Å². The normalized spacial score (nSPS) is 12.2. The minimum atomic E-state index is -4.84. The minimum absolute atomic E-state index is 0.267. The molecule has 0 saturated heterocycles. The first kappa shape index (κ1) is 12.7. The third kappa shape index (κ3) is 2.84. The number of pyridine rings is 1. The molecule has 0 unspecified atom stereocenters. The highest BCUT2D eigenvalue weighted by Crippen LogP contribution is 2.30. The number of rotatable bonds is 1. The summed E-state index contributed by atoms with van der Waals surface area (Å²) in [7, 11) is 0.540. The maximum atomic E-state index is 12.3. The van der Waals surface area contributed by atoms with Gasteiger partial charge >= 0.3 is 6.18 Å². The van der Waals surface area contributed by atoms with Crippen molar-refractivity contribution >= 4 is 19.7 Å². The highest BCUT2D eigenvalue weighted by molar-refractivity contribution is 8.13. The van der Waals surface area contributed by atoms with Gasteiger partial charge in [-0.25, -0.2) is 13.4 Å². The molecule has 1 aromatic heterocycles. The number of halogens is 4. The predicted molar refractivity (Wildman–Crippen MR) is 47.0 cm³/mol. The zero-order chi connectivity index (χ0) is 12.6. The second-order valence-electron chi connectivity index (χ2n) is 2.62. The van der Waals surface area contributed by atoms with E-state index in [1.54, 1.807) is 0 Å². The van der Waals surface area contributed by atoms with Crippen molar-refractivity contribution in [1.29, 1.82) is 5.26 Å². The molecule has 1 rings (SSSR count). The van der Waals surface area contributed by atoms with Gasteiger partial charge in [0.05, 0.1) is 4.90 Å². The van der Waals surface area contributed by atoms with Crippen molar-refractivity contribution in [3.8, 4) is 6.07 Å². The van der Waals surface area contributed by atoms with E-state index in [0.29, 0.717) is 6.07 Å². The lowest BCUT2D eigenvalue weighted by atomic mass is 10.3. The van der Waals surface area contributed by atoms with Crippen molar-refractivity contribution in [1.82, 2.24) is 4.98 Å². The molecule has 0 bridgehead atoms. The first-order chi connectivity index (χ1) is 7.14. The summed E-state index contributed by atoms with van der Waals surface area (Å²) in [6.45, 7) is 0. The third-order valence-electron chi connectivity index (χ3n) is 1.49. The van der Waals surface area contributed by atoms with Gasteiger partial charge in [-0.05, 0) is 12.1 Å². The van der Waals surface area contributed by atoms with Crippen LogP contribution in [0.3, 0.4) is 0 Å². The Morgan fingerprint density at radius 2 is 1.94 bits per heavy atom. The molecule has 0 aliphatic rings. The van der Waals surface area contributed by atoms with Crippen molar-refractivity contribution in [3.63, 3.8) is 0 Å². The lowest BCUT2D eigenvalue weighted by molar-refractivity contribution is -0.141. The zero-order valence-corrected chi connectivity index (χ0v) is 8.86. The third-order valence-corrected chi connectivity index (χ3v) is 2.82. The lowest BCUT2D eigenvalue weighted by Gasteiger charge is -2.06. The maximum Gasteiger partial charge on any atom is 0.433 e. The van der Waals surface area contributed by atoms with Gasteiger partial charge in [-0.3, -0.25) is 0 Å². The quantitative estimate of drug-likeness (QED) is 0.731. The van der Waals surface area contributed by atoms with Gasteiger partial charge < -0.3 is 0 Å². The Kier molecular flexibility index (Phi) is 3.12. The lowest BCUT2D eigenvalue weighted by Crippen LogP contribution is -2.10. The molecule has 1 heterocycles. The van der Waals surface area contributed by atoms with Crippen LogP contribution in [-0.2, 0) is 15.2 Å². The van der Waals surface area contributed by atoms with Crippen LogP contribution >= 0.6 is 10.7 Å². The van der Waals surface area contributed by atoms with Crippen LogP contribution in [0.1, 0.15) is 11.4 Å². The van der Waals surface area contributed by atoms with Crippen LogP contribution < -0.4 is 0 Å². The molecule has 0 aliphatic heterocycles. The number of nitrogens with zero attached hydrogens (tertiary/aromatic N) is 2. The van der Waals surface area contributed by atoms with Gasteiger partial charge in [0.15, 0.2) is 0 Å². The summed E-state index contributed by atoms with van der Waals surface area (Å²) in [6.07, 6.45) is -4.84. The largest absolute Gasteiger partial charge is 0.433 e. The molecule has 9 heteroatoms. The fourth-order valence-corrected chi connectivity index (χ4v) is 1.62. The summed E-state index contributed by atoms with van der Waals surface area (Å²) in [5.41, 5.74) is -2.15. The summed E-state index contributed by atoms with van der Waals surface area (Å²) < 4.78 is 58.5. The Labute approximate surface area is 92.7 Å². The van der Waals surface area contributed by atoms with Crippen molar-refractivity contribution in [2.24, 2.45) is 0 Å². The monoisotopic (exact) mass is 270 g/mol. The molecule has 0 saturated carbocycles. The van der Waals surface area contributed by atoms with E-state index in [1.807, 2.05) is 0 Å². The van der Waals surface area contributed by atoms with Crippen LogP contribution in [0.15, 0.2) is 17.0 Å². The number of nitriles is 1. The van der Waals surface area contributed by atoms with Crippen molar-refractivity contribution in [2.75, 3.05) is 0 Å². The fourth-order valence-electron chi connectivity index (χ4n) is 0.849. The fraction of sp³-hybridized carbons (Fsp3) is 0.143. The molecule has 0 aliphatic carbocycles. The summed E-state index contributed by atoms with van der Waals surface area (Å²) in [6, 6.07) is 2.25. The van der Waals surface area contributed by atoms with Crippen LogP contribution in [0.25, 0.3) is 0 Å². The molecule has 0 N–H and O–H groups in total. The van der Waals surface area contributed by atoms with Gasteiger partial charge in [0.1, 0.15) is 17.5 Å². The molecule has 4 nitrogen and oxygen atoms in total. The summed E-state index contributed by atoms with van der Waals surface area (Å²) in [5, 5.41) is 8.40. The summed E-state index contributed by atoms with van der Waals surface area (Å²) in [5.74, 6) is 0. The van der Waals surface area contributed by atoms with Crippen LogP contribution in [0.2, 0.25) is 0 Å². The molecule has 0 aromatic carbocycles. The van der Waals surface area contributed by atoms with Gasteiger partial charge in [0, 0.05) is 10.7 Å². The Balaban J connectivity index is 3.53. The van der Waals surface area contributed by atoms with E-state index in [9.17, 15) is 21.6 Å². The van der Waals surface area contributed by atoms with Crippen LogP contribution in [0.5, 0.6) is 0 Å².